The van der Waals surface area contributed by atoms with Crippen molar-refractivity contribution in [2.45, 2.75) is 418 Å². The minimum atomic E-state index is -0.839. The van der Waals surface area contributed by atoms with E-state index in [1.54, 1.807) is 6.08 Å². The Bertz CT molecular complexity index is 1160. The zero-order valence-corrected chi connectivity index (χ0v) is 52.5. The maximum atomic E-state index is 12.5. The van der Waals surface area contributed by atoms with Crippen molar-refractivity contribution < 1.29 is 24.5 Å². The van der Waals surface area contributed by atoms with Gasteiger partial charge in [0.15, 0.2) is 0 Å². The molecule has 458 valence electrons. The largest absolute Gasteiger partial charge is 0.466 e. The average molecular weight is 1090 g/mol. The lowest BCUT2D eigenvalue weighted by molar-refractivity contribution is -0.143. The van der Waals surface area contributed by atoms with Gasteiger partial charge in [-0.1, -0.05) is 373 Å². The van der Waals surface area contributed by atoms with Gasteiger partial charge in [-0.25, -0.2) is 0 Å². The van der Waals surface area contributed by atoms with Crippen LogP contribution in [-0.2, 0) is 14.3 Å². The summed E-state index contributed by atoms with van der Waals surface area (Å²) in [6, 6.07) is -0.622. The molecule has 77 heavy (non-hydrogen) atoms. The molecule has 0 radical (unpaired) electrons. The number of allylic oxidation sites excluding steroid dienone is 1. The first-order valence-electron chi connectivity index (χ1n) is 35.5. The molecule has 0 heterocycles. The SMILES string of the molecule is CCCCCCCCCCCC/C=C/C(O)C(CO)NC(=O)CCCCCCCCCCCCCCCCCCCCCCCCCCCCCCCCCCCOC(=O)CCCCCCCCCCCCCCCCC. The van der Waals surface area contributed by atoms with E-state index in [-0.39, 0.29) is 18.5 Å². The van der Waals surface area contributed by atoms with Crippen LogP contribution in [0.25, 0.3) is 0 Å². The molecule has 0 aromatic heterocycles. The Balaban J connectivity index is 3.30. The Morgan fingerprint density at radius 3 is 0.883 bits per heavy atom. The molecule has 0 fully saturated rings. The third-order valence-corrected chi connectivity index (χ3v) is 16.8. The van der Waals surface area contributed by atoms with Crippen LogP contribution in [0.15, 0.2) is 12.2 Å². The van der Waals surface area contributed by atoms with E-state index in [0.717, 1.165) is 38.5 Å². The fourth-order valence-electron chi connectivity index (χ4n) is 11.4. The summed E-state index contributed by atoms with van der Waals surface area (Å²) in [5.74, 6) is -0.0365. The lowest BCUT2D eigenvalue weighted by atomic mass is 10.0. The third-order valence-electron chi connectivity index (χ3n) is 16.8. The lowest BCUT2D eigenvalue weighted by Crippen LogP contribution is -2.45. The quantitative estimate of drug-likeness (QED) is 0.0320. The standard InChI is InChI=1S/C71H139NO5/c1-3-5-7-9-11-13-15-17-37-41-45-49-53-57-61-65-71(76)77-66-62-58-54-50-46-42-39-36-34-32-30-28-26-24-22-20-18-19-21-23-25-27-29-31-33-35-38-40-44-48-52-56-60-64-70(75)72-68(67-73)69(74)63-59-55-51-47-43-16-14-12-10-8-6-4-2/h59,63,68-69,73-74H,3-58,60-62,64-67H2,1-2H3,(H,72,75)/b63-59+. The smallest absolute Gasteiger partial charge is 0.305 e. The van der Waals surface area contributed by atoms with Gasteiger partial charge >= 0.3 is 5.97 Å². The summed E-state index contributed by atoms with van der Waals surface area (Å²) in [5.41, 5.74) is 0. The second-order valence-electron chi connectivity index (χ2n) is 24.6. The van der Waals surface area contributed by atoms with Crippen LogP contribution in [0, 0.1) is 0 Å². The van der Waals surface area contributed by atoms with Gasteiger partial charge in [-0.2, -0.15) is 0 Å². The topological polar surface area (TPSA) is 95.9 Å². The van der Waals surface area contributed by atoms with Crippen LogP contribution in [0.1, 0.15) is 406 Å². The predicted octanol–water partition coefficient (Wildman–Crippen LogP) is 22.8. The Hall–Kier alpha value is -1.40. The van der Waals surface area contributed by atoms with Gasteiger partial charge in [0.25, 0.3) is 0 Å². The first-order chi connectivity index (χ1) is 38.0. The summed E-state index contributed by atoms with van der Waals surface area (Å²) in [4.78, 5) is 24.5. The van der Waals surface area contributed by atoms with Crippen molar-refractivity contribution in [3.63, 3.8) is 0 Å². The Morgan fingerprint density at radius 1 is 0.351 bits per heavy atom. The summed E-state index contributed by atoms with van der Waals surface area (Å²) in [6.45, 7) is 4.94. The van der Waals surface area contributed by atoms with Gasteiger partial charge in [0.05, 0.1) is 25.4 Å². The fourth-order valence-corrected chi connectivity index (χ4v) is 11.4. The van der Waals surface area contributed by atoms with Gasteiger partial charge in [0.2, 0.25) is 5.91 Å². The normalized spacial score (nSPS) is 12.5. The average Bonchev–Trinajstić information content (AvgIpc) is 3.43. The van der Waals surface area contributed by atoms with E-state index in [2.05, 4.69) is 19.2 Å². The maximum Gasteiger partial charge on any atom is 0.305 e. The zero-order chi connectivity index (χ0) is 55.7. The molecule has 0 aromatic rings. The molecule has 0 saturated heterocycles. The number of hydrogen-bond acceptors (Lipinski definition) is 5. The number of amides is 1. The van der Waals surface area contributed by atoms with Gasteiger partial charge in [-0.05, 0) is 32.1 Å². The van der Waals surface area contributed by atoms with E-state index in [1.165, 1.54) is 340 Å². The van der Waals surface area contributed by atoms with Crippen molar-refractivity contribution in [3.05, 3.63) is 12.2 Å². The van der Waals surface area contributed by atoms with E-state index in [0.29, 0.717) is 19.4 Å². The molecule has 0 saturated carbocycles. The van der Waals surface area contributed by atoms with Gasteiger partial charge < -0.3 is 20.3 Å². The van der Waals surface area contributed by atoms with Gasteiger partial charge in [0, 0.05) is 12.8 Å². The van der Waals surface area contributed by atoms with Crippen LogP contribution < -0.4 is 5.32 Å². The molecule has 0 bridgehead atoms. The lowest BCUT2D eigenvalue weighted by Gasteiger charge is -2.20. The number of ether oxygens (including phenoxy) is 1. The Kier molecular flexibility index (Phi) is 65.9. The van der Waals surface area contributed by atoms with Crippen molar-refractivity contribution in [1.29, 1.82) is 0 Å². The number of aliphatic hydroxyl groups is 2. The van der Waals surface area contributed by atoms with Crippen molar-refractivity contribution in [3.8, 4) is 0 Å². The van der Waals surface area contributed by atoms with Crippen LogP contribution in [0.2, 0.25) is 0 Å². The molecule has 3 N–H and O–H groups in total. The monoisotopic (exact) mass is 1090 g/mol. The molecule has 2 atom stereocenters. The summed E-state index contributed by atoms with van der Waals surface area (Å²) >= 11 is 0. The minimum Gasteiger partial charge on any atom is -0.466 e. The number of hydrogen-bond donors (Lipinski definition) is 3. The molecule has 0 aliphatic heterocycles. The highest BCUT2D eigenvalue weighted by Gasteiger charge is 2.18. The van der Waals surface area contributed by atoms with Gasteiger partial charge in [0.1, 0.15) is 0 Å². The zero-order valence-electron chi connectivity index (χ0n) is 52.5. The number of nitrogens with one attached hydrogen (secondary N) is 1. The minimum absolute atomic E-state index is 0.0251. The van der Waals surface area contributed by atoms with E-state index in [9.17, 15) is 19.8 Å². The van der Waals surface area contributed by atoms with E-state index in [1.807, 2.05) is 6.08 Å². The highest BCUT2D eigenvalue weighted by Crippen LogP contribution is 2.19. The van der Waals surface area contributed by atoms with Crippen LogP contribution in [0.3, 0.4) is 0 Å². The van der Waals surface area contributed by atoms with E-state index in [4.69, 9.17) is 4.74 Å². The Labute approximate surface area is 482 Å². The summed E-state index contributed by atoms with van der Waals surface area (Å²) < 4.78 is 5.50. The molecule has 0 spiro atoms. The highest BCUT2D eigenvalue weighted by molar-refractivity contribution is 5.76. The molecule has 0 aromatic carbocycles. The van der Waals surface area contributed by atoms with Crippen LogP contribution >= 0.6 is 0 Å². The summed E-state index contributed by atoms with van der Waals surface area (Å²) in [7, 11) is 0. The number of carbonyl (C=O) groups is 2. The van der Waals surface area contributed by atoms with Crippen molar-refractivity contribution in [2.24, 2.45) is 0 Å². The summed E-state index contributed by atoms with van der Waals surface area (Å²) in [6.07, 6.45) is 83.1. The second kappa shape index (κ2) is 67.1. The molecular weight excluding hydrogens is 947 g/mol. The Morgan fingerprint density at radius 2 is 0.597 bits per heavy atom. The first kappa shape index (κ1) is 75.6. The van der Waals surface area contributed by atoms with Gasteiger partial charge in [-0.3, -0.25) is 9.59 Å². The van der Waals surface area contributed by atoms with Gasteiger partial charge in [-0.15, -0.1) is 0 Å². The van der Waals surface area contributed by atoms with Crippen LogP contribution in [0.5, 0.6) is 0 Å². The molecule has 6 nitrogen and oxygen atoms in total. The first-order valence-corrected chi connectivity index (χ1v) is 35.5. The number of carbonyl (C=O) groups excluding carboxylic acids is 2. The molecule has 0 aliphatic carbocycles. The van der Waals surface area contributed by atoms with E-state index < -0.39 is 12.1 Å². The maximum absolute atomic E-state index is 12.5. The number of esters is 1. The third kappa shape index (κ3) is 63.6. The van der Waals surface area contributed by atoms with Crippen molar-refractivity contribution in [1.82, 2.24) is 5.32 Å². The summed E-state index contributed by atoms with van der Waals surface area (Å²) in [5, 5.41) is 23.1. The number of unbranched alkanes of at least 4 members (excludes halogenated alkanes) is 56. The second-order valence-corrected chi connectivity index (χ2v) is 24.6. The number of rotatable bonds is 67. The molecule has 1 amide bonds. The number of aliphatic hydroxyl groups excluding tert-OH is 2. The van der Waals surface area contributed by atoms with E-state index >= 15 is 0 Å². The van der Waals surface area contributed by atoms with Crippen LogP contribution in [0.4, 0.5) is 0 Å². The molecule has 0 rings (SSSR count). The molecular formula is C71H139NO5. The molecule has 0 aliphatic rings. The van der Waals surface area contributed by atoms with Crippen LogP contribution in [-0.4, -0.2) is 47.4 Å². The fraction of sp³-hybridized carbons (Fsp3) is 0.944. The highest BCUT2D eigenvalue weighted by atomic mass is 16.5. The van der Waals surface area contributed by atoms with Crippen molar-refractivity contribution >= 4 is 11.9 Å². The molecule has 6 heteroatoms. The predicted molar refractivity (Wildman–Crippen MR) is 338 cm³/mol. The molecule has 2 unspecified atom stereocenters. The van der Waals surface area contributed by atoms with Crippen molar-refractivity contribution in [2.75, 3.05) is 13.2 Å².